The summed E-state index contributed by atoms with van der Waals surface area (Å²) in [5, 5.41) is 9.56. The summed E-state index contributed by atoms with van der Waals surface area (Å²) < 4.78 is 10.8. The van der Waals surface area contributed by atoms with Crippen LogP contribution in [0, 0.1) is 6.92 Å². The third-order valence-electron chi connectivity index (χ3n) is 1.83. The fourth-order valence-electron chi connectivity index (χ4n) is 1.13. The minimum Gasteiger partial charge on any atom is -0.506 e. The van der Waals surface area contributed by atoms with E-state index in [9.17, 15) is 5.11 Å². The molecule has 72 valence electrons. The largest absolute Gasteiger partial charge is 0.506 e. The van der Waals surface area contributed by atoms with Crippen LogP contribution in [0.5, 0.6) is 17.2 Å². The van der Waals surface area contributed by atoms with Crippen molar-refractivity contribution < 1.29 is 14.6 Å². The predicted molar refractivity (Wildman–Crippen MR) is 53.6 cm³/mol. The molecule has 0 aromatic heterocycles. The first-order valence-electron chi connectivity index (χ1n) is 3.71. The molecular formula is C9H11BrO3. The lowest BCUT2D eigenvalue weighted by Gasteiger charge is -2.12. The second kappa shape index (κ2) is 3.87. The molecular weight excluding hydrogens is 236 g/mol. The number of phenols is 1. The van der Waals surface area contributed by atoms with Crippen LogP contribution in [0.3, 0.4) is 0 Å². The lowest BCUT2D eigenvalue weighted by Crippen LogP contribution is -1.93. The molecule has 0 saturated heterocycles. The number of hydrogen-bond acceptors (Lipinski definition) is 3. The van der Waals surface area contributed by atoms with Crippen molar-refractivity contribution in [3.05, 3.63) is 16.1 Å². The van der Waals surface area contributed by atoms with E-state index in [1.54, 1.807) is 20.1 Å². The Morgan fingerprint density at radius 1 is 1.31 bits per heavy atom. The second-order valence-corrected chi connectivity index (χ2v) is 3.42. The molecule has 0 saturated carbocycles. The average Bonchev–Trinajstić information content (AvgIpc) is 2.13. The van der Waals surface area contributed by atoms with Gasteiger partial charge in [0.2, 0.25) is 0 Å². The Kier molecular flexibility index (Phi) is 3.03. The zero-order chi connectivity index (χ0) is 10.0. The molecule has 0 unspecified atom stereocenters. The standard InChI is InChI=1S/C9H11BrO3/c1-5-8(11)6(10)4-7(12-2)9(5)13-3/h4,11H,1-3H3. The van der Waals surface area contributed by atoms with Gasteiger partial charge in [0.25, 0.3) is 0 Å². The molecule has 3 nitrogen and oxygen atoms in total. The first-order valence-corrected chi connectivity index (χ1v) is 4.51. The molecule has 0 spiro atoms. The van der Waals surface area contributed by atoms with Crippen LogP contribution in [0.2, 0.25) is 0 Å². The zero-order valence-corrected chi connectivity index (χ0v) is 9.31. The van der Waals surface area contributed by atoms with Gasteiger partial charge in [0.05, 0.1) is 18.7 Å². The van der Waals surface area contributed by atoms with E-state index in [2.05, 4.69) is 15.9 Å². The van der Waals surface area contributed by atoms with Crippen molar-refractivity contribution in [1.29, 1.82) is 0 Å². The van der Waals surface area contributed by atoms with E-state index in [1.165, 1.54) is 7.11 Å². The van der Waals surface area contributed by atoms with E-state index in [0.29, 0.717) is 21.5 Å². The summed E-state index contributed by atoms with van der Waals surface area (Å²) in [4.78, 5) is 0. The predicted octanol–water partition coefficient (Wildman–Crippen LogP) is 2.48. The maximum atomic E-state index is 9.56. The Bertz CT molecular complexity index is 323. The summed E-state index contributed by atoms with van der Waals surface area (Å²) in [6.45, 7) is 1.77. The van der Waals surface area contributed by atoms with Crippen molar-refractivity contribution in [2.45, 2.75) is 6.92 Å². The van der Waals surface area contributed by atoms with Crippen LogP contribution in [0.4, 0.5) is 0 Å². The van der Waals surface area contributed by atoms with Crippen LogP contribution in [0.1, 0.15) is 5.56 Å². The minimum atomic E-state index is 0.178. The van der Waals surface area contributed by atoms with E-state index in [1.807, 2.05) is 0 Å². The van der Waals surface area contributed by atoms with E-state index in [0.717, 1.165) is 0 Å². The van der Waals surface area contributed by atoms with Gasteiger partial charge in [-0.05, 0) is 22.9 Å². The number of hydrogen-bond donors (Lipinski definition) is 1. The van der Waals surface area contributed by atoms with Crippen LogP contribution in [0.15, 0.2) is 10.5 Å². The second-order valence-electron chi connectivity index (χ2n) is 2.57. The molecule has 0 heterocycles. The van der Waals surface area contributed by atoms with Gasteiger partial charge >= 0.3 is 0 Å². The molecule has 0 bridgehead atoms. The van der Waals surface area contributed by atoms with E-state index in [-0.39, 0.29) is 5.75 Å². The molecule has 4 heteroatoms. The Labute approximate surface area is 85.4 Å². The van der Waals surface area contributed by atoms with Crippen LogP contribution in [0.25, 0.3) is 0 Å². The summed E-state index contributed by atoms with van der Waals surface area (Å²) in [5.74, 6) is 1.34. The highest BCUT2D eigenvalue weighted by Gasteiger charge is 2.13. The molecule has 0 amide bonds. The van der Waals surface area contributed by atoms with Crippen molar-refractivity contribution >= 4 is 15.9 Å². The van der Waals surface area contributed by atoms with Crippen molar-refractivity contribution in [2.24, 2.45) is 0 Å². The maximum Gasteiger partial charge on any atom is 0.167 e. The van der Waals surface area contributed by atoms with Gasteiger partial charge < -0.3 is 14.6 Å². The summed E-state index contributed by atoms with van der Waals surface area (Å²) in [6.07, 6.45) is 0. The van der Waals surface area contributed by atoms with E-state index >= 15 is 0 Å². The van der Waals surface area contributed by atoms with Crippen LogP contribution >= 0.6 is 15.9 Å². The molecule has 1 aromatic carbocycles. The van der Waals surface area contributed by atoms with Crippen LogP contribution in [-0.2, 0) is 0 Å². The highest BCUT2D eigenvalue weighted by molar-refractivity contribution is 9.10. The van der Waals surface area contributed by atoms with Gasteiger partial charge in [-0.1, -0.05) is 0 Å². The summed E-state index contributed by atoms with van der Waals surface area (Å²) in [6, 6.07) is 1.67. The molecule has 0 atom stereocenters. The highest BCUT2D eigenvalue weighted by atomic mass is 79.9. The fraction of sp³-hybridized carbons (Fsp3) is 0.333. The summed E-state index contributed by atoms with van der Waals surface area (Å²) in [5.41, 5.74) is 0.661. The molecule has 0 aliphatic heterocycles. The number of phenolic OH excluding ortho intramolecular Hbond substituents is 1. The molecule has 1 aromatic rings. The van der Waals surface area contributed by atoms with Crippen LogP contribution < -0.4 is 9.47 Å². The van der Waals surface area contributed by atoms with Gasteiger partial charge in [-0.25, -0.2) is 0 Å². The molecule has 0 radical (unpaired) electrons. The lowest BCUT2D eigenvalue weighted by atomic mass is 10.2. The van der Waals surface area contributed by atoms with Crippen molar-refractivity contribution in [3.8, 4) is 17.2 Å². The number of benzene rings is 1. The van der Waals surface area contributed by atoms with Gasteiger partial charge in [-0.15, -0.1) is 0 Å². The molecule has 0 aliphatic rings. The minimum absolute atomic E-state index is 0.178. The van der Waals surface area contributed by atoms with Crippen LogP contribution in [-0.4, -0.2) is 19.3 Å². The summed E-state index contributed by atoms with van der Waals surface area (Å²) >= 11 is 3.22. The van der Waals surface area contributed by atoms with Crippen molar-refractivity contribution in [3.63, 3.8) is 0 Å². The molecule has 1 N–H and O–H groups in total. The van der Waals surface area contributed by atoms with Crippen molar-refractivity contribution in [2.75, 3.05) is 14.2 Å². The topological polar surface area (TPSA) is 38.7 Å². The van der Waals surface area contributed by atoms with Gasteiger partial charge in [-0.2, -0.15) is 0 Å². The summed E-state index contributed by atoms with van der Waals surface area (Å²) in [7, 11) is 3.10. The third-order valence-corrected chi connectivity index (χ3v) is 2.43. The van der Waals surface area contributed by atoms with Gasteiger partial charge in [0.15, 0.2) is 11.5 Å². The number of halogens is 1. The number of methoxy groups -OCH3 is 2. The lowest BCUT2D eigenvalue weighted by molar-refractivity contribution is 0.348. The average molecular weight is 247 g/mol. The molecule has 0 aliphatic carbocycles. The number of ether oxygens (including phenoxy) is 2. The number of rotatable bonds is 2. The molecule has 0 fully saturated rings. The molecule has 13 heavy (non-hydrogen) atoms. The van der Waals surface area contributed by atoms with Crippen molar-refractivity contribution in [1.82, 2.24) is 0 Å². The van der Waals surface area contributed by atoms with E-state index < -0.39 is 0 Å². The monoisotopic (exact) mass is 246 g/mol. The normalized spacial score (nSPS) is 9.85. The zero-order valence-electron chi connectivity index (χ0n) is 7.72. The Morgan fingerprint density at radius 3 is 2.38 bits per heavy atom. The van der Waals surface area contributed by atoms with Gasteiger partial charge in [0.1, 0.15) is 5.75 Å². The first-order chi connectivity index (χ1) is 6.11. The quantitative estimate of drug-likeness (QED) is 0.872. The maximum absolute atomic E-state index is 9.56. The first kappa shape index (κ1) is 10.2. The smallest absolute Gasteiger partial charge is 0.167 e. The Balaban J connectivity index is 3.39. The molecule has 1 rings (SSSR count). The Hall–Kier alpha value is -0.900. The number of aromatic hydroxyl groups is 1. The highest BCUT2D eigenvalue weighted by Crippen LogP contribution is 2.41. The fourth-order valence-corrected chi connectivity index (χ4v) is 1.63. The SMILES string of the molecule is COc1cc(Br)c(O)c(C)c1OC. The van der Waals surface area contributed by atoms with Gasteiger partial charge in [0, 0.05) is 11.6 Å². The Morgan fingerprint density at radius 2 is 1.92 bits per heavy atom. The van der Waals surface area contributed by atoms with E-state index in [4.69, 9.17) is 9.47 Å². The third kappa shape index (κ3) is 1.72. The van der Waals surface area contributed by atoms with Gasteiger partial charge in [-0.3, -0.25) is 0 Å².